The van der Waals surface area contributed by atoms with E-state index >= 15 is 0 Å². The molecular formula is C71H120O6. The topological polar surface area (TPSA) is 78.9 Å². The summed E-state index contributed by atoms with van der Waals surface area (Å²) in [5, 5.41) is 0. The number of hydrogen-bond acceptors (Lipinski definition) is 6. The van der Waals surface area contributed by atoms with Crippen LogP contribution in [0.2, 0.25) is 0 Å². The molecule has 0 radical (unpaired) electrons. The molecule has 6 heteroatoms. The molecule has 6 nitrogen and oxygen atoms in total. The smallest absolute Gasteiger partial charge is 0.306 e. The minimum Gasteiger partial charge on any atom is -0.462 e. The standard InChI is InChI=1S/C71H120O6/c1-4-7-10-13-16-19-22-25-27-28-29-30-31-32-33-34-35-36-37-38-39-40-41-42-43-44-45-47-49-52-55-58-61-64-70(73)76-67-68(66-75-69(72)63-60-57-54-51-48-24-21-18-15-12-9-6-3)77-71(74)65-62-59-56-53-50-46-26-23-20-17-14-11-8-5-2/h7,10,16,18-19,21,25,27,29-30,32-33,35-36,38-39,41-42,68H,4-6,8-9,11-15,17,20,22-24,26,28,31,34,37,40,43-67H2,1-3H3/b10-7-,19-16-,21-18-,27-25-,30-29-,33-32-,36-35-,39-38-,42-41-. The fourth-order valence-corrected chi connectivity index (χ4v) is 8.92. The van der Waals surface area contributed by atoms with Gasteiger partial charge in [-0.15, -0.1) is 0 Å². The minimum atomic E-state index is -0.783. The molecule has 0 heterocycles. The zero-order valence-electron chi connectivity index (χ0n) is 50.4. The van der Waals surface area contributed by atoms with Gasteiger partial charge in [-0.2, -0.15) is 0 Å². The maximum Gasteiger partial charge on any atom is 0.306 e. The lowest BCUT2D eigenvalue weighted by Crippen LogP contribution is -2.30. The van der Waals surface area contributed by atoms with Crippen LogP contribution in [0.4, 0.5) is 0 Å². The lowest BCUT2D eigenvalue weighted by Gasteiger charge is -2.18. The molecule has 1 unspecified atom stereocenters. The lowest BCUT2D eigenvalue weighted by molar-refractivity contribution is -0.167. The molecule has 0 fully saturated rings. The average Bonchev–Trinajstić information content (AvgIpc) is 3.43. The molecule has 0 aromatic carbocycles. The van der Waals surface area contributed by atoms with Gasteiger partial charge in [0.15, 0.2) is 6.10 Å². The molecule has 0 amide bonds. The van der Waals surface area contributed by atoms with Crippen LogP contribution in [0.5, 0.6) is 0 Å². The van der Waals surface area contributed by atoms with Gasteiger partial charge < -0.3 is 14.2 Å². The van der Waals surface area contributed by atoms with Gasteiger partial charge >= 0.3 is 17.9 Å². The first-order valence-corrected chi connectivity index (χ1v) is 32.4. The fraction of sp³-hybridized carbons (Fsp3) is 0.704. The van der Waals surface area contributed by atoms with Crippen LogP contribution in [0.15, 0.2) is 109 Å². The van der Waals surface area contributed by atoms with Crippen molar-refractivity contribution in [3.63, 3.8) is 0 Å². The molecule has 0 saturated heterocycles. The van der Waals surface area contributed by atoms with Gasteiger partial charge in [0.05, 0.1) is 0 Å². The number of unbranched alkanes of at least 4 members (excludes halogenated alkanes) is 29. The van der Waals surface area contributed by atoms with Crippen LogP contribution in [0.1, 0.15) is 303 Å². The highest BCUT2D eigenvalue weighted by molar-refractivity contribution is 5.71. The van der Waals surface area contributed by atoms with Gasteiger partial charge in [-0.05, 0) is 109 Å². The third-order valence-electron chi connectivity index (χ3n) is 13.8. The molecule has 0 aromatic rings. The van der Waals surface area contributed by atoms with Crippen LogP contribution < -0.4 is 0 Å². The number of hydrogen-bond donors (Lipinski definition) is 0. The first-order chi connectivity index (χ1) is 38.0. The molecule has 1 atom stereocenters. The predicted molar refractivity (Wildman–Crippen MR) is 334 cm³/mol. The number of ether oxygens (including phenoxy) is 3. The average molecular weight is 1070 g/mol. The van der Waals surface area contributed by atoms with Gasteiger partial charge in [0.25, 0.3) is 0 Å². The van der Waals surface area contributed by atoms with Gasteiger partial charge in [0.2, 0.25) is 0 Å². The first kappa shape index (κ1) is 73.1. The zero-order chi connectivity index (χ0) is 55.7. The highest BCUT2D eigenvalue weighted by Gasteiger charge is 2.19. The van der Waals surface area contributed by atoms with Crippen molar-refractivity contribution in [2.24, 2.45) is 0 Å². The Labute approximate surface area is 476 Å². The number of carbonyl (C=O) groups is 3. The van der Waals surface area contributed by atoms with E-state index in [1.54, 1.807) is 0 Å². The van der Waals surface area contributed by atoms with Gasteiger partial charge in [-0.3, -0.25) is 14.4 Å². The highest BCUT2D eigenvalue weighted by Crippen LogP contribution is 2.16. The normalized spacial score (nSPS) is 12.8. The third kappa shape index (κ3) is 62.8. The van der Waals surface area contributed by atoms with Crippen molar-refractivity contribution in [1.82, 2.24) is 0 Å². The molecule has 0 rings (SSSR count). The fourth-order valence-electron chi connectivity index (χ4n) is 8.92. The van der Waals surface area contributed by atoms with Gasteiger partial charge in [0.1, 0.15) is 13.2 Å². The van der Waals surface area contributed by atoms with E-state index in [2.05, 4.69) is 130 Å². The van der Waals surface area contributed by atoms with E-state index in [-0.39, 0.29) is 31.1 Å². The lowest BCUT2D eigenvalue weighted by atomic mass is 10.0. The Kier molecular flexibility index (Phi) is 61.3. The zero-order valence-corrected chi connectivity index (χ0v) is 50.4. The highest BCUT2D eigenvalue weighted by atomic mass is 16.6. The van der Waals surface area contributed by atoms with Crippen molar-refractivity contribution < 1.29 is 28.6 Å². The number of esters is 3. The Balaban J connectivity index is 4.23. The molecule has 0 saturated carbocycles. The van der Waals surface area contributed by atoms with Gasteiger partial charge in [-0.1, -0.05) is 284 Å². The van der Waals surface area contributed by atoms with E-state index in [1.807, 2.05) is 0 Å². The second kappa shape index (κ2) is 64.6. The third-order valence-corrected chi connectivity index (χ3v) is 13.8. The maximum atomic E-state index is 12.9. The largest absolute Gasteiger partial charge is 0.462 e. The Morgan fingerprint density at radius 3 is 0.831 bits per heavy atom. The summed E-state index contributed by atoms with van der Waals surface area (Å²) in [7, 11) is 0. The van der Waals surface area contributed by atoms with Crippen molar-refractivity contribution in [2.45, 2.75) is 309 Å². The van der Waals surface area contributed by atoms with E-state index in [0.717, 1.165) is 122 Å². The Morgan fingerprint density at radius 1 is 0.273 bits per heavy atom. The van der Waals surface area contributed by atoms with Gasteiger partial charge in [0, 0.05) is 19.3 Å². The summed E-state index contributed by atoms with van der Waals surface area (Å²) >= 11 is 0. The monoisotopic (exact) mass is 1070 g/mol. The molecule has 440 valence electrons. The summed E-state index contributed by atoms with van der Waals surface area (Å²) < 4.78 is 16.9. The first-order valence-electron chi connectivity index (χ1n) is 32.4. The number of rotatable bonds is 58. The second-order valence-corrected chi connectivity index (χ2v) is 21.3. The Bertz CT molecular complexity index is 1560. The summed E-state index contributed by atoms with van der Waals surface area (Å²) in [5.41, 5.74) is 0. The van der Waals surface area contributed by atoms with Crippen LogP contribution in [-0.4, -0.2) is 37.2 Å². The summed E-state index contributed by atoms with van der Waals surface area (Å²) in [5.74, 6) is -0.891. The van der Waals surface area contributed by atoms with Crippen molar-refractivity contribution in [3.05, 3.63) is 109 Å². The molecule has 0 aliphatic carbocycles. The van der Waals surface area contributed by atoms with Crippen molar-refractivity contribution in [2.75, 3.05) is 13.2 Å². The number of allylic oxidation sites excluding steroid dienone is 18. The van der Waals surface area contributed by atoms with Crippen molar-refractivity contribution in [1.29, 1.82) is 0 Å². The molecule has 0 aromatic heterocycles. The van der Waals surface area contributed by atoms with Crippen molar-refractivity contribution in [3.8, 4) is 0 Å². The maximum absolute atomic E-state index is 12.9. The van der Waals surface area contributed by atoms with E-state index in [0.29, 0.717) is 19.3 Å². The molecule has 0 aliphatic rings. The summed E-state index contributed by atoms with van der Waals surface area (Å²) in [6.45, 7) is 6.51. The van der Waals surface area contributed by atoms with Crippen LogP contribution >= 0.6 is 0 Å². The molecular weight excluding hydrogens is 949 g/mol. The van der Waals surface area contributed by atoms with Crippen LogP contribution in [-0.2, 0) is 28.6 Å². The quantitative estimate of drug-likeness (QED) is 0.0261. The molecule has 0 aliphatic heterocycles. The van der Waals surface area contributed by atoms with E-state index < -0.39 is 6.10 Å². The van der Waals surface area contributed by atoms with E-state index in [4.69, 9.17) is 14.2 Å². The minimum absolute atomic E-state index is 0.0822. The SMILES string of the molecule is CC/C=C\C/C=C\C/C=C\C/C=C\C/C=C\C/C=C\C/C=C\C/C=C\CCCCCCCCCCC(=O)OCC(COC(=O)CCCCCCC/C=C\CCCCC)OC(=O)CCCCCCCCCCCCCCCC. The summed E-state index contributed by atoms with van der Waals surface area (Å²) in [4.78, 5) is 38.2. The van der Waals surface area contributed by atoms with Gasteiger partial charge in [-0.25, -0.2) is 0 Å². The van der Waals surface area contributed by atoms with Crippen molar-refractivity contribution >= 4 is 17.9 Å². The molecule has 0 bridgehead atoms. The Morgan fingerprint density at radius 2 is 0.506 bits per heavy atom. The molecule has 77 heavy (non-hydrogen) atoms. The molecule has 0 spiro atoms. The van der Waals surface area contributed by atoms with Crippen LogP contribution in [0.3, 0.4) is 0 Å². The molecule has 0 N–H and O–H groups in total. The van der Waals surface area contributed by atoms with Crippen LogP contribution in [0, 0.1) is 0 Å². The predicted octanol–water partition coefficient (Wildman–Crippen LogP) is 22.2. The van der Waals surface area contributed by atoms with E-state index in [9.17, 15) is 14.4 Å². The summed E-state index contributed by atoms with van der Waals surface area (Å²) in [6, 6.07) is 0. The summed E-state index contributed by atoms with van der Waals surface area (Å²) in [6.07, 6.45) is 88.1. The Hall–Kier alpha value is -3.93. The second-order valence-electron chi connectivity index (χ2n) is 21.3. The number of carbonyl (C=O) groups excluding carboxylic acids is 3. The van der Waals surface area contributed by atoms with Crippen LogP contribution in [0.25, 0.3) is 0 Å². The van der Waals surface area contributed by atoms with E-state index in [1.165, 1.54) is 141 Å².